The summed E-state index contributed by atoms with van der Waals surface area (Å²) in [5.41, 5.74) is 3.95. The van der Waals surface area contributed by atoms with Crippen molar-refractivity contribution >= 4 is 11.4 Å². The first kappa shape index (κ1) is 16.9. The van der Waals surface area contributed by atoms with Crippen LogP contribution in [0.25, 0.3) is 5.65 Å². The highest BCUT2D eigenvalue weighted by atomic mass is 16.5. The van der Waals surface area contributed by atoms with Crippen LogP contribution in [0.1, 0.15) is 28.2 Å². The van der Waals surface area contributed by atoms with Gasteiger partial charge in [-0.2, -0.15) is 0 Å². The molecule has 3 heterocycles. The van der Waals surface area contributed by atoms with Gasteiger partial charge in [0.25, 0.3) is 0 Å². The normalized spacial score (nSPS) is 18.3. The topological polar surface area (TPSA) is 46.8 Å². The maximum absolute atomic E-state index is 12.6. The number of imidazole rings is 1. The molecule has 0 N–H and O–H groups in total. The summed E-state index contributed by atoms with van der Waals surface area (Å²) >= 11 is 0. The van der Waals surface area contributed by atoms with E-state index in [2.05, 4.69) is 20.5 Å². The van der Waals surface area contributed by atoms with E-state index in [0.717, 1.165) is 30.0 Å². The van der Waals surface area contributed by atoms with Crippen molar-refractivity contribution in [3.63, 3.8) is 0 Å². The predicted molar refractivity (Wildman–Crippen MR) is 100 cm³/mol. The molecule has 0 bridgehead atoms. The maximum atomic E-state index is 12.6. The van der Waals surface area contributed by atoms with Gasteiger partial charge in [-0.1, -0.05) is 36.4 Å². The largest absolute Gasteiger partial charge is 0.378 e. The number of Topliss-reactive ketones (excluding diaryl/α,β-unsaturated/α-hetero) is 1. The first-order chi connectivity index (χ1) is 12.7. The second kappa shape index (κ2) is 7.40. The zero-order valence-corrected chi connectivity index (χ0v) is 15.0. The fourth-order valence-electron chi connectivity index (χ4n) is 3.59. The van der Waals surface area contributed by atoms with E-state index < -0.39 is 0 Å². The average Bonchev–Trinajstić information content (AvgIpc) is 2.99. The standard InChI is InChI=1S/C21H23N3O2/c1-16-19(24-10-6-5-9-21(24)22-16)14-23-11-12-26-15-18(23)13-20(25)17-7-3-2-4-8-17/h2-10,18H,11-15H2,1H3/t18-/m1/s1. The van der Waals surface area contributed by atoms with Crippen molar-refractivity contribution in [3.8, 4) is 0 Å². The minimum atomic E-state index is 0.0881. The van der Waals surface area contributed by atoms with Gasteiger partial charge >= 0.3 is 0 Å². The van der Waals surface area contributed by atoms with E-state index >= 15 is 0 Å². The Kier molecular flexibility index (Phi) is 4.82. The molecule has 3 aromatic rings. The summed E-state index contributed by atoms with van der Waals surface area (Å²) in [5.74, 6) is 0.168. The van der Waals surface area contributed by atoms with E-state index in [-0.39, 0.29) is 11.8 Å². The van der Waals surface area contributed by atoms with E-state index in [1.165, 1.54) is 5.69 Å². The number of ketones is 1. The number of nitrogens with zero attached hydrogens (tertiary/aromatic N) is 3. The predicted octanol–water partition coefficient (Wildman–Crippen LogP) is 3.12. The van der Waals surface area contributed by atoms with Crippen LogP contribution >= 0.6 is 0 Å². The van der Waals surface area contributed by atoms with Crippen LogP contribution in [0.4, 0.5) is 0 Å². The Morgan fingerprint density at radius 2 is 2.00 bits per heavy atom. The molecule has 0 unspecified atom stereocenters. The molecule has 2 aromatic heterocycles. The van der Waals surface area contributed by atoms with Crippen molar-refractivity contribution < 1.29 is 9.53 Å². The van der Waals surface area contributed by atoms with Crippen molar-refractivity contribution in [3.05, 3.63) is 71.7 Å². The first-order valence-electron chi connectivity index (χ1n) is 9.05. The number of rotatable bonds is 5. The molecule has 1 atom stereocenters. The minimum Gasteiger partial charge on any atom is -0.378 e. The third kappa shape index (κ3) is 3.41. The number of aryl methyl sites for hydroxylation is 1. The van der Waals surface area contributed by atoms with Gasteiger partial charge in [0.15, 0.2) is 5.78 Å². The van der Waals surface area contributed by atoms with Crippen LogP contribution in [-0.4, -0.2) is 45.9 Å². The Hall–Kier alpha value is -2.50. The van der Waals surface area contributed by atoms with E-state index in [1.54, 1.807) is 0 Å². The molecule has 0 radical (unpaired) electrons. The van der Waals surface area contributed by atoms with Crippen LogP contribution < -0.4 is 0 Å². The quantitative estimate of drug-likeness (QED) is 0.664. The Morgan fingerprint density at radius 3 is 2.85 bits per heavy atom. The lowest BCUT2D eigenvalue weighted by molar-refractivity contribution is -0.0132. The number of hydrogen-bond donors (Lipinski definition) is 0. The number of hydrogen-bond acceptors (Lipinski definition) is 4. The van der Waals surface area contributed by atoms with Crippen LogP contribution in [0.2, 0.25) is 0 Å². The van der Waals surface area contributed by atoms with Gasteiger partial charge < -0.3 is 9.14 Å². The van der Waals surface area contributed by atoms with Gasteiger partial charge in [-0.05, 0) is 19.1 Å². The van der Waals surface area contributed by atoms with Crippen LogP contribution in [0.5, 0.6) is 0 Å². The molecule has 1 aliphatic rings. The molecule has 4 rings (SSSR count). The van der Waals surface area contributed by atoms with Gasteiger partial charge in [0, 0.05) is 37.3 Å². The Balaban J connectivity index is 1.54. The highest BCUT2D eigenvalue weighted by molar-refractivity contribution is 5.96. The molecule has 0 spiro atoms. The molecule has 26 heavy (non-hydrogen) atoms. The lowest BCUT2D eigenvalue weighted by Crippen LogP contribution is -2.46. The van der Waals surface area contributed by atoms with Crippen LogP contribution in [0.15, 0.2) is 54.7 Å². The van der Waals surface area contributed by atoms with Crippen molar-refractivity contribution in [1.82, 2.24) is 14.3 Å². The van der Waals surface area contributed by atoms with Crippen LogP contribution in [0.3, 0.4) is 0 Å². The lowest BCUT2D eigenvalue weighted by Gasteiger charge is -2.35. The second-order valence-electron chi connectivity index (χ2n) is 6.77. The molecular formula is C21H23N3O2. The summed E-state index contributed by atoms with van der Waals surface area (Å²) in [6.45, 7) is 4.94. The first-order valence-corrected chi connectivity index (χ1v) is 9.05. The fraction of sp³-hybridized carbons (Fsp3) is 0.333. The van der Waals surface area contributed by atoms with E-state index in [9.17, 15) is 4.79 Å². The number of morpholine rings is 1. The Labute approximate surface area is 153 Å². The molecule has 5 heteroatoms. The smallest absolute Gasteiger partial charge is 0.164 e. The summed E-state index contributed by atoms with van der Waals surface area (Å²) < 4.78 is 7.81. The highest BCUT2D eigenvalue weighted by Gasteiger charge is 2.27. The Bertz CT molecular complexity index is 904. The molecule has 1 saturated heterocycles. The highest BCUT2D eigenvalue weighted by Crippen LogP contribution is 2.20. The lowest BCUT2D eigenvalue weighted by atomic mass is 10.0. The van der Waals surface area contributed by atoms with Gasteiger partial charge in [-0.15, -0.1) is 0 Å². The molecule has 0 amide bonds. The van der Waals surface area contributed by atoms with Crippen LogP contribution in [0, 0.1) is 6.92 Å². The Morgan fingerprint density at radius 1 is 1.19 bits per heavy atom. The third-order valence-electron chi connectivity index (χ3n) is 5.05. The van der Waals surface area contributed by atoms with Gasteiger partial charge in [0.2, 0.25) is 0 Å². The van der Waals surface area contributed by atoms with E-state index in [0.29, 0.717) is 19.6 Å². The number of carbonyl (C=O) groups is 1. The van der Waals surface area contributed by atoms with Crippen molar-refractivity contribution in [2.75, 3.05) is 19.8 Å². The van der Waals surface area contributed by atoms with Gasteiger partial charge in [0.1, 0.15) is 5.65 Å². The zero-order chi connectivity index (χ0) is 17.9. The number of ether oxygens (including phenoxy) is 1. The average molecular weight is 349 g/mol. The van der Waals surface area contributed by atoms with E-state index in [4.69, 9.17) is 4.74 Å². The number of pyridine rings is 1. The molecular weight excluding hydrogens is 326 g/mol. The number of fused-ring (bicyclic) bond motifs is 1. The summed E-state index contributed by atoms with van der Waals surface area (Å²) in [7, 11) is 0. The van der Waals surface area contributed by atoms with Gasteiger partial charge in [0.05, 0.1) is 24.6 Å². The zero-order valence-electron chi connectivity index (χ0n) is 15.0. The summed E-state index contributed by atoms with van der Waals surface area (Å²) in [6.07, 6.45) is 2.52. The number of aromatic nitrogens is 2. The van der Waals surface area contributed by atoms with Gasteiger partial charge in [-0.3, -0.25) is 9.69 Å². The van der Waals surface area contributed by atoms with E-state index in [1.807, 2.05) is 55.5 Å². The molecule has 5 nitrogen and oxygen atoms in total. The van der Waals surface area contributed by atoms with Crippen molar-refractivity contribution in [2.45, 2.75) is 25.9 Å². The monoisotopic (exact) mass is 349 g/mol. The molecule has 134 valence electrons. The molecule has 0 saturated carbocycles. The number of benzene rings is 1. The van der Waals surface area contributed by atoms with Crippen molar-refractivity contribution in [1.29, 1.82) is 0 Å². The summed E-state index contributed by atoms with van der Waals surface area (Å²) in [4.78, 5) is 19.6. The number of carbonyl (C=O) groups excluding carboxylic acids is 1. The SMILES string of the molecule is Cc1nc2ccccn2c1CN1CCOC[C@H]1CC(=O)c1ccccc1. The molecule has 1 fully saturated rings. The molecule has 0 aliphatic carbocycles. The van der Waals surface area contributed by atoms with Crippen molar-refractivity contribution in [2.24, 2.45) is 0 Å². The molecule has 1 aliphatic heterocycles. The fourth-order valence-corrected chi connectivity index (χ4v) is 3.59. The minimum absolute atomic E-state index is 0.0881. The summed E-state index contributed by atoms with van der Waals surface area (Å²) in [5, 5.41) is 0. The summed E-state index contributed by atoms with van der Waals surface area (Å²) in [6, 6.07) is 15.6. The van der Waals surface area contributed by atoms with Crippen LogP contribution in [-0.2, 0) is 11.3 Å². The third-order valence-corrected chi connectivity index (χ3v) is 5.05. The van der Waals surface area contributed by atoms with Gasteiger partial charge in [-0.25, -0.2) is 4.98 Å². The molecule has 1 aromatic carbocycles. The second-order valence-corrected chi connectivity index (χ2v) is 6.77. The maximum Gasteiger partial charge on any atom is 0.164 e.